The first-order valence-electron chi connectivity index (χ1n) is 8.44. The lowest BCUT2D eigenvalue weighted by Gasteiger charge is -2.20. The van der Waals surface area contributed by atoms with Gasteiger partial charge in [-0.3, -0.25) is 0 Å². The molecule has 146 valence electrons. The van der Waals surface area contributed by atoms with E-state index in [4.69, 9.17) is 4.74 Å². The lowest BCUT2D eigenvalue weighted by molar-refractivity contribution is 0.00576. The SMILES string of the molecule is Cn1cnnc1Sc1ccc(Sc2ccc(O)cc2)c(C(=O)OC(C)(C)C)n1. The molecule has 0 bridgehead atoms. The van der Waals surface area contributed by atoms with Crippen LogP contribution in [0, 0.1) is 0 Å². The molecule has 1 aromatic carbocycles. The maximum atomic E-state index is 12.8. The van der Waals surface area contributed by atoms with Crippen molar-refractivity contribution in [1.82, 2.24) is 19.7 Å². The summed E-state index contributed by atoms with van der Waals surface area (Å²) in [6, 6.07) is 10.4. The van der Waals surface area contributed by atoms with Crippen molar-refractivity contribution in [1.29, 1.82) is 0 Å². The molecule has 0 atom stereocenters. The minimum Gasteiger partial charge on any atom is -0.508 e. The smallest absolute Gasteiger partial charge is 0.358 e. The first-order chi connectivity index (χ1) is 13.2. The summed E-state index contributed by atoms with van der Waals surface area (Å²) in [6.07, 6.45) is 1.60. The van der Waals surface area contributed by atoms with Crippen LogP contribution in [0.1, 0.15) is 31.3 Å². The summed E-state index contributed by atoms with van der Waals surface area (Å²) in [6.45, 7) is 5.45. The van der Waals surface area contributed by atoms with Gasteiger partial charge in [-0.1, -0.05) is 11.8 Å². The van der Waals surface area contributed by atoms with E-state index < -0.39 is 11.6 Å². The summed E-state index contributed by atoms with van der Waals surface area (Å²) in [5, 5.41) is 18.6. The van der Waals surface area contributed by atoms with Crippen LogP contribution in [0.25, 0.3) is 0 Å². The third-order valence-electron chi connectivity index (χ3n) is 3.36. The lowest BCUT2D eigenvalue weighted by atomic mass is 10.2. The fourth-order valence-corrected chi connectivity index (χ4v) is 3.77. The number of ether oxygens (including phenoxy) is 1. The van der Waals surface area contributed by atoms with Crippen LogP contribution in [-0.2, 0) is 11.8 Å². The zero-order valence-electron chi connectivity index (χ0n) is 15.9. The Labute approximate surface area is 171 Å². The van der Waals surface area contributed by atoms with Crippen molar-refractivity contribution >= 4 is 29.5 Å². The molecule has 3 aromatic rings. The topological polar surface area (TPSA) is 90.1 Å². The Balaban J connectivity index is 1.94. The van der Waals surface area contributed by atoms with Gasteiger partial charge in [-0.05, 0) is 68.9 Å². The van der Waals surface area contributed by atoms with Gasteiger partial charge in [0.1, 0.15) is 22.7 Å². The third-order valence-corrected chi connectivity index (χ3v) is 5.40. The number of esters is 1. The first kappa shape index (κ1) is 20.2. The van der Waals surface area contributed by atoms with E-state index in [9.17, 15) is 9.90 Å². The molecular formula is C19H20N4O3S2. The normalized spacial score (nSPS) is 11.4. The molecule has 2 aromatic heterocycles. The number of pyridine rings is 1. The largest absolute Gasteiger partial charge is 0.508 e. The quantitative estimate of drug-likeness (QED) is 0.620. The summed E-state index contributed by atoms with van der Waals surface area (Å²) >= 11 is 2.70. The number of aromatic hydroxyl groups is 1. The number of carbonyl (C=O) groups is 1. The number of benzene rings is 1. The van der Waals surface area contributed by atoms with E-state index in [1.54, 1.807) is 35.2 Å². The molecule has 0 aliphatic heterocycles. The van der Waals surface area contributed by atoms with Crippen molar-refractivity contribution in [3.8, 4) is 5.75 Å². The van der Waals surface area contributed by atoms with E-state index >= 15 is 0 Å². The first-order valence-corrected chi connectivity index (χ1v) is 10.1. The Morgan fingerprint density at radius 1 is 1.11 bits per heavy atom. The molecule has 0 fully saturated rings. The molecule has 0 spiro atoms. The van der Waals surface area contributed by atoms with E-state index in [0.717, 1.165) is 4.90 Å². The van der Waals surface area contributed by atoms with E-state index in [-0.39, 0.29) is 11.4 Å². The third kappa shape index (κ3) is 5.26. The molecule has 0 saturated heterocycles. The van der Waals surface area contributed by atoms with Crippen LogP contribution >= 0.6 is 23.5 Å². The molecule has 2 heterocycles. The highest BCUT2D eigenvalue weighted by Gasteiger charge is 2.23. The molecule has 0 aliphatic carbocycles. The average molecular weight is 417 g/mol. The molecular weight excluding hydrogens is 396 g/mol. The molecule has 0 aliphatic rings. The van der Waals surface area contributed by atoms with Crippen molar-refractivity contribution in [3.05, 3.63) is 48.4 Å². The van der Waals surface area contributed by atoms with E-state index in [0.29, 0.717) is 15.1 Å². The number of nitrogens with zero attached hydrogens (tertiary/aromatic N) is 4. The second-order valence-electron chi connectivity index (χ2n) is 6.92. The zero-order valence-corrected chi connectivity index (χ0v) is 17.5. The van der Waals surface area contributed by atoms with Crippen molar-refractivity contribution in [2.45, 2.75) is 46.3 Å². The molecule has 9 heteroatoms. The molecule has 0 unspecified atom stereocenters. The van der Waals surface area contributed by atoms with Crippen LogP contribution in [-0.4, -0.2) is 36.4 Å². The van der Waals surface area contributed by atoms with Crippen molar-refractivity contribution < 1.29 is 14.6 Å². The fourth-order valence-electron chi connectivity index (χ4n) is 2.14. The molecule has 28 heavy (non-hydrogen) atoms. The molecule has 0 radical (unpaired) electrons. The summed E-state index contributed by atoms with van der Waals surface area (Å²) in [4.78, 5) is 18.8. The minimum absolute atomic E-state index is 0.185. The number of rotatable bonds is 5. The predicted molar refractivity (Wildman–Crippen MR) is 107 cm³/mol. The van der Waals surface area contributed by atoms with Gasteiger partial charge >= 0.3 is 5.97 Å². The number of phenolic OH excluding ortho intramolecular Hbond substituents is 1. The van der Waals surface area contributed by atoms with Crippen LogP contribution in [0.3, 0.4) is 0 Å². The molecule has 7 nitrogen and oxygen atoms in total. The van der Waals surface area contributed by atoms with Crippen LogP contribution in [0.15, 0.2) is 62.7 Å². The van der Waals surface area contributed by atoms with Crippen molar-refractivity contribution in [2.75, 3.05) is 0 Å². The van der Waals surface area contributed by atoms with Crippen molar-refractivity contribution in [3.63, 3.8) is 0 Å². The van der Waals surface area contributed by atoms with Gasteiger partial charge in [0.2, 0.25) is 0 Å². The van der Waals surface area contributed by atoms with Crippen LogP contribution < -0.4 is 0 Å². The fraction of sp³-hybridized carbons (Fsp3) is 0.263. The standard InChI is InChI=1S/C19H20N4O3S2/c1-19(2,3)26-17(25)16-14(27-13-7-5-12(24)6-8-13)9-10-15(21-16)28-18-22-20-11-23(18)4/h5-11,24H,1-4H3. The van der Waals surface area contributed by atoms with Gasteiger partial charge < -0.3 is 14.4 Å². The van der Waals surface area contributed by atoms with E-state index in [2.05, 4.69) is 15.2 Å². The molecule has 3 rings (SSSR count). The van der Waals surface area contributed by atoms with Gasteiger partial charge in [-0.15, -0.1) is 10.2 Å². The Kier molecular flexibility index (Phi) is 5.95. The number of hydrogen-bond donors (Lipinski definition) is 1. The number of aromatic nitrogens is 4. The Bertz CT molecular complexity index is 982. The van der Waals surface area contributed by atoms with Gasteiger partial charge in [-0.25, -0.2) is 9.78 Å². The molecule has 1 N–H and O–H groups in total. The summed E-state index contributed by atoms with van der Waals surface area (Å²) in [5.74, 6) is -0.306. The highest BCUT2D eigenvalue weighted by Crippen LogP contribution is 2.34. The predicted octanol–water partition coefficient (Wildman–Crippen LogP) is 4.17. The number of hydrogen-bond acceptors (Lipinski definition) is 8. The number of aryl methyl sites for hydroxylation is 1. The van der Waals surface area contributed by atoms with Gasteiger partial charge in [0, 0.05) is 16.8 Å². The number of phenols is 1. The van der Waals surface area contributed by atoms with E-state index in [1.807, 2.05) is 40.0 Å². The monoisotopic (exact) mass is 416 g/mol. The van der Waals surface area contributed by atoms with Gasteiger partial charge in [0.15, 0.2) is 10.9 Å². The zero-order chi connectivity index (χ0) is 20.3. The maximum Gasteiger partial charge on any atom is 0.358 e. The Hall–Kier alpha value is -2.52. The minimum atomic E-state index is -0.633. The van der Waals surface area contributed by atoms with Crippen LogP contribution in [0.5, 0.6) is 5.75 Å². The van der Waals surface area contributed by atoms with E-state index in [1.165, 1.54) is 23.5 Å². The van der Waals surface area contributed by atoms with Gasteiger partial charge in [-0.2, -0.15) is 0 Å². The van der Waals surface area contributed by atoms with Crippen LogP contribution in [0.4, 0.5) is 0 Å². The maximum absolute atomic E-state index is 12.8. The van der Waals surface area contributed by atoms with Gasteiger partial charge in [0.25, 0.3) is 0 Å². The summed E-state index contributed by atoms with van der Waals surface area (Å²) in [5.41, 5.74) is -0.397. The number of carbonyl (C=O) groups excluding carboxylic acids is 1. The second-order valence-corrected chi connectivity index (χ2v) is 9.02. The Morgan fingerprint density at radius 3 is 2.43 bits per heavy atom. The molecule has 0 saturated carbocycles. The Morgan fingerprint density at radius 2 is 1.82 bits per heavy atom. The van der Waals surface area contributed by atoms with Gasteiger partial charge in [0.05, 0.1) is 0 Å². The van der Waals surface area contributed by atoms with Crippen molar-refractivity contribution in [2.24, 2.45) is 7.05 Å². The van der Waals surface area contributed by atoms with Crippen LogP contribution in [0.2, 0.25) is 0 Å². The summed E-state index contributed by atoms with van der Waals surface area (Å²) in [7, 11) is 1.84. The lowest BCUT2D eigenvalue weighted by Crippen LogP contribution is -2.25. The average Bonchev–Trinajstić information content (AvgIpc) is 3.01. The highest BCUT2D eigenvalue weighted by molar-refractivity contribution is 7.99. The second kappa shape index (κ2) is 8.24. The molecule has 0 amide bonds. The summed E-state index contributed by atoms with van der Waals surface area (Å²) < 4.78 is 7.31. The highest BCUT2D eigenvalue weighted by atomic mass is 32.2.